The number of carbonyl (C=O) groups is 2. The summed E-state index contributed by atoms with van der Waals surface area (Å²) in [6.45, 7) is 4.52. The van der Waals surface area contributed by atoms with E-state index in [0.29, 0.717) is 25.0 Å². The molecule has 1 fully saturated rings. The van der Waals surface area contributed by atoms with E-state index in [9.17, 15) is 14.0 Å². The highest BCUT2D eigenvalue weighted by molar-refractivity contribution is 5.97. The first kappa shape index (κ1) is 26.3. The standard InChI is InChI=1S/C31H34FN5O3/c1-22(38)34-31(25-6-4-7-26(32)20-25)12-17-35(18-13-31)14-11-29-28-8-3-2-5-23(28)9-15-36(29)30(39)24-10-16-37-27(19-24)21-33-40-37/h2-8,10,16,19-21,29,33H,9,11-15,17-18H2,1H3,(H,34,38). The van der Waals surface area contributed by atoms with Crippen molar-refractivity contribution in [3.63, 3.8) is 0 Å². The van der Waals surface area contributed by atoms with Crippen LogP contribution in [0.5, 0.6) is 0 Å². The molecule has 0 spiro atoms. The monoisotopic (exact) mass is 543 g/mol. The van der Waals surface area contributed by atoms with Crippen molar-refractivity contribution in [3.05, 3.63) is 107 Å². The molecule has 0 aromatic heterocycles. The number of nitrogens with zero attached hydrogens (tertiary/aromatic N) is 3. The van der Waals surface area contributed by atoms with E-state index in [-0.39, 0.29) is 23.7 Å². The summed E-state index contributed by atoms with van der Waals surface area (Å²) in [5, 5.41) is 4.72. The third-order valence-corrected chi connectivity index (χ3v) is 8.45. The van der Waals surface area contributed by atoms with Crippen molar-refractivity contribution < 1.29 is 18.9 Å². The summed E-state index contributed by atoms with van der Waals surface area (Å²) in [6.07, 6.45) is 10.1. The zero-order valence-corrected chi connectivity index (χ0v) is 22.6. The van der Waals surface area contributed by atoms with Crippen LogP contribution in [0.4, 0.5) is 4.39 Å². The number of piperidine rings is 1. The van der Waals surface area contributed by atoms with E-state index < -0.39 is 5.54 Å². The van der Waals surface area contributed by atoms with Crippen molar-refractivity contribution in [2.45, 2.75) is 44.2 Å². The number of nitrogens with one attached hydrogen (secondary N) is 2. The Labute approximate surface area is 233 Å². The average molecular weight is 544 g/mol. The molecule has 0 aliphatic carbocycles. The van der Waals surface area contributed by atoms with Crippen molar-refractivity contribution in [2.24, 2.45) is 0 Å². The number of hydrogen-bond acceptors (Lipinski definition) is 6. The van der Waals surface area contributed by atoms with Crippen molar-refractivity contribution in [1.29, 1.82) is 0 Å². The van der Waals surface area contributed by atoms with Crippen LogP contribution in [0.25, 0.3) is 0 Å². The zero-order chi connectivity index (χ0) is 27.7. The number of fused-ring (bicyclic) bond motifs is 2. The molecule has 1 saturated heterocycles. The molecule has 0 bridgehead atoms. The highest BCUT2D eigenvalue weighted by Gasteiger charge is 2.38. The molecule has 2 amide bonds. The van der Waals surface area contributed by atoms with Crippen LogP contribution in [0.2, 0.25) is 0 Å². The van der Waals surface area contributed by atoms with Gasteiger partial charge < -0.3 is 15.1 Å². The quantitative estimate of drug-likeness (QED) is 0.577. The lowest BCUT2D eigenvalue weighted by Gasteiger charge is -2.44. The molecule has 1 unspecified atom stereocenters. The molecule has 0 radical (unpaired) electrons. The lowest BCUT2D eigenvalue weighted by molar-refractivity contribution is -0.130. The van der Waals surface area contributed by atoms with E-state index in [1.54, 1.807) is 29.6 Å². The number of rotatable bonds is 6. The first-order valence-corrected chi connectivity index (χ1v) is 13.9. The van der Waals surface area contributed by atoms with Gasteiger partial charge in [0.05, 0.1) is 23.5 Å². The minimum absolute atomic E-state index is 0.0117. The van der Waals surface area contributed by atoms with Gasteiger partial charge in [0.2, 0.25) is 5.91 Å². The predicted octanol–water partition coefficient (Wildman–Crippen LogP) is 3.82. The zero-order valence-electron chi connectivity index (χ0n) is 22.6. The van der Waals surface area contributed by atoms with Gasteiger partial charge in [-0.1, -0.05) is 36.4 Å². The molecule has 2 N–H and O–H groups in total. The van der Waals surface area contributed by atoms with E-state index in [1.165, 1.54) is 30.2 Å². The molecule has 2 aromatic rings. The van der Waals surface area contributed by atoms with Gasteiger partial charge in [0, 0.05) is 44.9 Å². The van der Waals surface area contributed by atoms with Gasteiger partial charge in [-0.05, 0) is 66.7 Å². The van der Waals surface area contributed by atoms with Crippen LogP contribution in [0, 0.1) is 5.82 Å². The second kappa shape index (κ2) is 10.9. The molecule has 6 rings (SSSR count). The van der Waals surface area contributed by atoms with Crippen LogP contribution >= 0.6 is 0 Å². The Morgan fingerprint density at radius 3 is 2.75 bits per heavy atom. The Hall–Kier alpha value is -3.95. The molecule has 4 aliphatic rings. The second-order valence-corrected chi connectivity index (χ2v) is 10.9. The van der Waals surface area contributed by atoms with Crippen molar-refractivity contribution in [2.75, 3.05) is 26.2 Å². The van der Waals surface area contributed by atoms with Crippen molar-refractivity contribution in [1.82, 2.24) is 25.7 Å². The van der Waals surface area contributed by atoms with Crippen LogP contribution in [0.1, 0.15) is 48.9 Å². The van der Waals surface area contributed by atoms with Crippen LogP contribution in [0.15, 0.2) is 84.4 Å². The number of carbonyl (C=O) groups excluding carboxylic acids is 2. The maximum atomic E-state index is 14.1. The normalized spacial score (nSPS) is 21.6. The van der Waals surface area contributed by atoms with Gasteiger partial charge in [-0.15, -0.1) is 0 Å². The van der Waals surface area contributed by atoms with Gasteiger partial charge in [-0.25, -0.2) is 14.9 Å². The molecule has 40 heavy (non-hydrogen) atoms. The molecule has 208 valence electrons. The first-order chi connectivity index (χ1) is 19.4. The van der Waals surface area contributed by atoms with E-state index in [4.69, 9.17) is 4.94 Å². The summed E-state index contributed by atoms with van der Waals surface area (Å²) >= 11 is 0. The van der Waals surface area contributed by atoms with Crippen LogP contribution in [0.3, 0.4) is 0 Å². The Balaban J connectivity index is 1.18. The predicted molar refractivity (Wildman–Crippen MR) is 148 cm³/mol. The second-order valence-electron chi connectivity index (χ2n) is 10.9. The summed E-state index contributed by atoms with van der Waals surface area (Å²) in [5.74, 6) is -0.401. The molecular weight excluding hydrogens is 509 g/mol. The van der Waals surface area contributed by atoms with Gasteiger partial charge in [-0.2, -0.15) is 4.94 Å². The van der Waals surface area contributed by atoms with Gasteiger partial charge in [0.1, 0.15) is 5.82 Å². The van der Waals surface area contributed by atoms with Gasteiger partial charge in [0.25, 0.3) is 5.91 Å². The molecule has 1 atom stereocenters. The number of amides is 2. The van der Waals surface area contributed by atoms with Crippen molar-refractivity contribution in [3.8, 4) is 0 Å². The summed E-state index contributed by atoms with van der Waals surface area (Å²) in [7, 11) is 0. The van der Waals surface area contributed by atoms with Gasteiger partial charge >= 0.3 is 0 Å². The highest BCUT2D eigenvalue weighted by atomic mass is 19.1. The number of allylic oxidation sites excluding steroid dienone is 1. The third-order valence-electron chi connectivity index (χ3n) is 8.45. The minimum atomic E-state index is -0.578. The minimum Gasteiger partial charge on any atom is -0.347 e. The lowest BCUT2D eigenvalue weighted by Crippen LogP contribution is -2.53. The molecule has 0 saturated carbocycles. The molecule has 4 aliphatic heterocycles. The summed E-state index contributed by atoms with van der Waals surface area (Å²) < 4.78 is 14.1. The Morgan fingerprint density at radius 2 is 1.95 bits per heavy atom. The average Bonchev–Trinajstić information content (AvgIpc) is 3.44. The van der Waals surface area contributed by atoms with Crippen LogP contribution in [-0.2, 0) is 26.5 Å². The van der Waals surface area contributed by atoms with E-state index in [1.807, 2.05) is 23.1 Å². The molecule has 8 nitrogen and oxygen atoms in total. The van der Waals surface area contributed by atoms with Crippen LogP contribution < -0.4 is 10.8 Å². The highest BCUT2D eigenvalue weighted by Crippen LogP contribution is 2.37. The van der Waals surface area contributed by atoms with E-state index in [2.05, 4.69) is 33.9 Å². The van der Waals surface area contributed by atoms with Crippen molar-refractivity contribution >= 4 is 11.8 Å². The van der Waals surface area contributed by atoms with Gasteiger partial charge in [-0.3, -0.25) is 9.59 Å². The fraction of sp³-hybridized carbons (Fsp3) is 0.355. The number of hydroxylamine groups is 3. The maximum absolute atomic E-state index is 14.1. The molecule has 9 heteroatoms. The molecule has 2 aromatic carbocycles. The number of hydrogen-bond donors (Lipinski definition) is 2. The third kappa shape index (κ3) is 5.14. The SMILES string of the molecule is CC(=O)NC1(c2cccc(F)c2)CCN(CCC2c3ccccc3CCN2C(=O)C2=CC3=CNON3C=C2)CC1. The molecular formula is C31H34FN5O3. The Morgan fingerprint density at radius 1 is 1.12 bits per heavy atom. The van der Waals surface area contributed by atoms with E-state index in [0.717, 1.165) is 43.7 Å². The maximum Gasteiger partial charge on any atom is 0.254 e. The smallest absolute Gasteiger partial charge is 0.254 e. The van der Waals surface area contributed by atoms with Crippen LogP contribution in [-0.4, -0.2) is 52.9 Å². The fourth-order valence-electron chi connectivity index (χ4n) is 6.41. The summed E-state index contributed by atoms with van der Waals surface area (Å²) in [6, 6.07) is 14.9. The number of likely N-dealkylation sites (tertiary alicyclic amines) is 1. The summed E-state index contributed by atoms with van der Waals surface area (Å²) in [5.41, 5.74) is 6.86. The first-order valence-electron chi connectivity index (χ1n) is 13.9. The van der Waals surface area contributed by atoms with E-state index >= 15 is 0 Å². The largest absolute Gasteiger partial charge is 0.347 e. The summed E-state index contributed by atoms with van der Waals surface area (Å²) in [4.78, 5) is 35.6. The molecule has 4 heterocycles. The lowest BCUT2D eigenvalue weighted by atomic mass is 9.80. The van der Waals surface area contributed by atoms with Gasteiger partial charge in [0.15, 0.2) is 0 Å². The Kier molecular flexibility index (Phi) is 7.16. The number of halogens is 1. The Bertz CT molecular complexity index is 1390. The topological polar surface area (TPSA) is 77.2 Å². The fourth-order valence-corrected chi connectivity index (χ4v) is 6.41. The number of benzene rings is 2.